The Morgan fingerprint density at radius 1 is 1.12 bits per heavy atom. The number of Topliss-reactive ketones (excluding diaryl/α,β-unsaturated/α-hetero) is 1. The van der Waals surface area contributed by atoms with Crippen LogP contribution in [-0.2, 0) is 33.4 Å². The van der Waals surface area contributed by atoms with E-state index in [0.717, 1.165) is 7.11 Å². The summed E-state index contributed by atoms with van der Waals surface area (Å²) in [7, 11) is 1.14. The lowest BCUT2D eigenvalue weighted by atomic mass is 10.1. The highest BCUT2D eigenvalue weighted by molar-refractivity contribution is 6.38. The van der Waals surface area contributed by atoms with E-state index in [9.17, 15) is 24.0 Å². The molecule has 0 rings (SSSR count). The highest BCUT2D eigenvalue weighted by Gasteiger charge is 2.24. The molecule has 0 bridgehead atoms. The van der Waals surface area contributed by atoms with Gasteiger partial charge in [0.25, 0.3) is 5.91 Å². The number of nitrogens with one attached hydrogen (secondary N) is 2. The first-order chi connectivity index (χ1) is 11.7. The molecular weight excluding hydrogens is 334 g/mol. The summed E-state index contributed by atoms with van der Waals surface area (Å²) in [6.07, 6.45) is 1.01. The molecule has 0 aliphatic carbocycles. The maximum Gasteiger partial charge on any atom is 0.328 e. The van der Waals surface area contributed by atoms with Crippen molar-refractivity contribution in [1.29, 1.82) is 0 Å². The molecule has 10 nitrogen and oxygen atoms in total. The van der Waals surface area contributed by atoms with Crippen LogP contribution in [0.15, 0.2) is 0 Å². The number of rotatable bonds is 11. The van der Waals surface area contributed by atoms with E-state index in [-0.39, 0.29) is 13.0 Å². The van der Waals surface area contributed by atoms with Crippen LogP contribution >= 0.6 is 0 Å². The molecule has 2 amide bonds. The minimum atomic E-state index is -1.05. The zero-order valence-corrected chi connectivity index (χ0v) is 14.6. The summed E-state index contributed by atoms with van der Waals surface area (Å²) in [5, 5.41) is 4.47. The molecule has 10 heteroatoms. The van der Waals surface area contributed by atoms with Crippen LogP contribution in [0, 0.1) is 0 Å². The lowest BCUT2D eigenvalue weighted by Gasteiger charge is -2.16. The van der Waals surface area contributed by atoms with Crippen molar-refractivity contribution in [3.05, 3.63) is 0 Å². The number of carbonyl (C=O) groups is 5. The fourth-order valence-corrected chi connectivity index (χ4v) is 1.82. The van der Waals surface area contributed by atoms with Gasteiger partial charge < -0.3 is 25.8 Å². The first-order valence-corrected chi connectivity index (χ1v) is 7.81. The molecule has 0 aromatic carbocycles. The Kier molecular flexibility index (Phi) is 10.8. The van der Waals surface area contributed by atoms with Crippen molar-refractivity contribution in [3.63, 3.8) is 0 Å². The van der Waals surface area contributed by atoms with Gasteiger partial charge in [0.15, 0.2) is 0 Å². The van der Waals surface area contributed by atoms with Gasteiger partial charge in [0, 0.05) is 13.3 Å². The fraction of sp³-hybridized carbons (Fsp3) is 0.667. The molecule has 2 unspecified atom stereocenters. The van der Waals surface area contributed by atoms with Gasteiger partial charge >= 0.3 is 11.9 Å². The van der Waals surface area contributed by atoms with Crippen LogP contribution in [-0.4, -0.2) is 61.9 Å². The van der Waals surface area contributed by atoms with Crippen LogP contribution < -0.4 is 16.4 Å². The first kappa shape index (κ1) is 22.5. The highest BCUT2D eigenvalue weighted by atomic mass is 16.5. The molecule has 0 aromatic heterocycles. The molecule has 0 heterocycles. The number of nitrogens with two attached hydrogens (primary N) is 1. The average Bonchev–Trinajstić information content (AvgIpc) is 2.57. The fourth-order valence-electron chi connectivity index (χ4n) is 1.82. The molecule has 4 N–H and O–H groups in total. The van der Waals surface area contributed by atoms with E-state index in [1.807, 2.05) is 6.92 Å². The predicted octanol–water partition coefficient (Wildman–Crippen LogP) is -1.59. The van der Waals surface area contributed by atoms with E-state index in [1.54, 1.807) is 0 Å². The number of methoxy groups -OCH3 is 1. The number of hydrogen-bond donors (Lipinski definition) is 3. The van der Waals surface area contributed by atoms with Gasteiger partial charge in [-0.05, 0) is 6.42 Å². The van der Waals surface area contributed by atoms with E-state index < -0.39 is 48.2 Å². The number of carbonyl (C=O) groups excluding carboxylic acids is 5. The van der Waals surface area contributed by atoms with E-state index in [2.05, 4.69) is 15.4 Å². The van der Waals surface area contributed by atoms with Gasteiger partial charge in [0.2, 0.25) is 11.7 Å². The molecule has 0 radical (unpaired) electrons. The van der Waals surface area contributed by atoms with Crippen LogP contribution in [0.2, 0.25) is 0 Å². The van der Waals surface area contributed by atoms with Crippen molar-refractivity contribution in [2.24, 2.45) is 5.73 Å². The van der Waals surface area contributed by atoms with Crippen molar-refractivity contribution in [2.45, 2.75) is 45.2 Å². The van der Waals surface area contributed by atoms with Crippen LogP contribution in [0.3, 0.4) is 0 Å². The Hall–Kier alpha value is -2.49. The molecular formula is C15H25N3O7. The normalized spacial score (nSPS) is 12.5. The topological polar surface area (TPSA) is 154 Å². The Morgan fingerprint density at radius 3 is 2.28 bits per heavy atom. The summed E-state index contributed by atoms with van der Waals surface area (Å²) >= 11 is 0. The van der Waals surface area contributed by atoms with Crippen molar-refractivity contribution in [2.75, 3.05) is 20.3 Å². The average molecular weight is 359 g/mol. The zero-order valence-electron chi connectivity index (χ0n) is 14.6. The van der Waals surface area contributed by atoms with E-state index >= 15 is 0 Å². The maximum absolute atomic E-state index is 11.8. The Bertz CT molecular complexity index is 507. The zero-order chi connectivity index (χ0) is 19.4. The summed E-state index contributed by atoms with van der Waals surface area (Å²) in [6.45, 7) is 2.43. The van der Waals surface area contributed by atoms with E-state index in [0.29, 0.717) is 12.8 Å². The Labute approximate surface area is 145 Å². The van der Waals surface area contributed by atoms with Crippen LogP contribution in [0.25, 0.3) is 0 Å². The van der Waals surface area contributed by atoms with Crippen molar-refractivity contribution < 1.29 is 33.4 Å². The Morgan fingerprint density at radius 2 is 1.76 bits per heavy atom. The van der Waals surface area contributed by atoms with Crippen molar-refractivity contribution in [1.82, 2.24) is 10.6 Å². The van der Waals surface area contributed by atoms with Gasteiger partial charge in [-0.15, -0.1) is 0 Å². The van der Waals surface area contributed by atoms with Crippen LogP contribution in [0.4, 0.5) is 0 Å². The SMILES string of the molecule is CCCC(N)C(=O)C(=O)NCC(=O)NC(CCOC(C)=O)C(=O)OC. The lowest BCUT2D eigenvalue weighted by Crippen LogP contribution is -2.49. The third-order valence-corrected chi connectivity index (χ3v) is 3.10. The second kappa shape index (κ2) is 12.0. The van der Waals surface area contributed by atoms with E-state index in [1.165, 1.54) is 6.92 Å². The molecule has 0 saturated heterocycles. The molecule has 25 heavy (non-hydrogen) atoms. The summed E-state index contributed by atoms with van der Waals surface area (Å²) < 4.78 is 9.24. The second-order valence-electron chi connectivity index (χ2n) is 5.21. The summed E-state index contributed by atoms with van der Waals surface area (Å²) in [4.78, 5) is 57.4. The molecule has 0 aliphatic rings. The minimum Gasteiger partial charge on any atom is -0.467 e. The number of ketones is 1. The molecule has 0 aliphatic heterocycles. The van der Waals surface area contributed by atoms with Crippen molar-refractivity contribution >= 4 is 29.5 Å². The Balaban J connectivity index is 4.46. The molecule has 0 fully saturated rings. The monoisotopic (exact) mass is 359 g/mol. The number of esters is 2. The third kappa shape index (κ3) is 9.40. The summed E-state index contributed by atoms with van der Waals surface area (Å²) in [5.41, 5.74) is 5.54. The molecule has 142 valence electrons. The molecule has 2 atom stereocenters. The molecule has 0 aromatic rings. The third-order valence-electron chi connectivity index (χ3n) is 3.10. The second-order valence-corrected chi connectivity index (χ2v) is 5.21. The van der Waals surface area contributed by atoms with Gasteiger partial charge in [0.1, 0.15) is 6.04 Å². The molecule has 0 saturated carbocycles. The standard InChI is InChI=1S/C15H25N3O7/c1-4-5-10(16)13(21)14(22)17-8-12(20)18-11(15(23)24-3)6-7-25-9(2)19/h10-11H,4-8,16H2,1-3H3,(H,17,22)(H,18,20). The highest BCUT2D eigenvalue weighted by Crippen LogP contribution is 1.97. The maximum atomic E-state index is 11.8. The van der Waals surface area contributed by atoms with Crippen LogP contribution in [0.1, 0.15) is 33.1 Å². The number of ether oxygens (including phenoxy) is 2. The van der Waals surface area contributed by atoms with Gasteiger partial charge in [-0.3, -0.25) is 19.2 Å². The van der Waals surface area contributed by atoms with E-state index in [4.69, 9.17) is 10.5 Å². The first-order valence-electron chi connectivity index (χ1n) is 7.81. The summed E-state index contributed by atoms with van der Waals surface area (Å²) in [6, 6.07) is -1.97. The predicted molar refractivity (Wildman–Crippen MR) is 86.1 cm³/mol. The van der Waals surface area contributed by atoms with Crippen LogP contribution in [0.5, 0.6) is 0 Å². The van der Waals surface area contributed by atoms with Gasteiger partial charge in [0.05, 0.1) is 26.3 Å². The quantitative estimate of drug-likeness (QED) is 0.295. The largest absolute Gasteiger partial charge is 0.467 e. The summed E-state index contributed by atoms with van der Waals surface area (Å²) in [5.74, 6) is -3.74. The van der Waals surface area contributed by atoms with Gasteiger partial charge in [-0.2, -0.15) is 0 Å². The van der Waals surface area contributed by atoms with Gasteiger partial charge in [-0.1, -0.05) is 13.3 Å². The lowest BCUT2D eigenvalue weighted by molar-refractivity contribution is -0.148. The number of amides is 2. The van der Waals surface area contributed by atoms with Crippen molar-refractivity contribution in [3.8, 4) is 0 Å². The minimum absolute atomic E-state index is 0.00619. The smallest absolute Gasteiger partial charge is 0.328 e. The number of hydrogen-bond acceptors (Lipinski definition) is 8. The van der Waals surface area contributed by atoms with Gasteiger partial charge in [-0.25, -0.2) is 4.79 Å². The molecule has 0 spiro atoms.